The number of phenols is 1. The van der Waals surface area contributed by atoms with Crippen molar-refractivity contribution in [3.8, 4) is 5.75 Å². The molecule has 16 heavy (non-hydrogen) atoms. The van der Waals surface area contributed by atoms with Crippen molar-refractivity contribution < 1.29 is 10.2 Å². The van der Waals surface area contributed by atoms with Crippen molar-refractivity contribution in [2.75, 3.05) is 13.6 Å². The Labute approximate surface area is 97.1 Å². The van der Waals surface area contributed by atoms with E-state index in [1.54, 1.807) is 19.2 Å². The second-order valence-electron chi connectivity index (χ2n) is 5.10. The molecule has 0 bridgehead atoms. The fourth-order valence-corrected chi connectivity index (χ4v) is 1.67. The molecule has 1 rings (SSSR count). The highest BCUT2D eigenvalue weighted by Crippen LogP contribution is 2.32. The molecule has 0 aliphatic carbocycles. The van der Waals surface area contributed by atoms with Gasteiger partial charge in [-0.3, -0.25) is 0 Å². The summed E-state index contributed by atoms with van der Waals surface area (Å²) in [4.78, 5) is 0. The lowest BCUT2D eigenvalue weighted by Gasteiger charge is -2.22. The van der Waals surface area contributed by atoms with Gasteiger partial charge >= 0.3 is 0 Å². The summed E-state index contributed by atoms with van der Waals surface area (Å²) in [6.45, 7) is 6.62. The molecule has 0 aliphatic rings. The lowest BCUT2D eigenvalue weighted by Crippen LogP contribution is -2.18. The average molecular weight is 223 g/mol. The highest BCUT2D eigenvalue weighted by Gasteiger charge is 2.19. The maximum Gasteiger partial charge on any atom is 0.119 e. The van der Waals surface area contributed by atoms with E-state index in [1.165, 1.54) is 0 Å². The van der Waals surface area contributed by atoms with Gasteiger partial charge in [0.1, 0.15) is 5.75 Å². The van der Waals surface area contributed by atoms with Crippen LogP contribution in [0.4, 0.5) is 0 Å². The van der Waals surface area contributed by atoms with Crippen LogP contribution in [0.15, 0.2) is 18.2 Å². The van der Waals surface area contributed by atoms with Crippen LogP contribution in [0.2, 0.25) is 0 Å². The first kappa shape index (κ1) is 13.0. The molecule has 0 aliphatic heterocycles. The maximum atomic E-state index is 9.86. The molecular formula is C13H21NO2. The summed E-state index contributed by atoms with van der Waals surface area (Å²) in [5.74, 6) is 0.285. The van der Waals surface area contributed by atoms with Crippen molar-refractivity contribution in [3.05, 3.63) is 29.3 Å². The van der Waals surface area contributed by atoms with Gasteiger partial charge in [-0.1, -0.05) is 26.8 Å². The monoisotopic (exact) mass is 223 g/mol. The van der Waals surface area contributed by atoms with Gasteiger partial charge in [0.2, 0.25) is 0 Å². The summed E-state index contributed by atoms with van der Waals surface area (Å²) in [6, 6.07) is 5.28. The van der Waals surface area contributed by atoms with Crippen LogP contribution >= 0.6 is 0 Å². The Hall–Kier alpha value is -1.06. The molecule has 3 N–H and O–H groups in total. The van der Waals surface area contributed by atoms with Crippen LogP contribution < -0.4 is 5.32 Å². The number of rotatable bonds is 3. The van der Waals surface area contributed by atoms with E-state index >= 15 is 0 Å². The maximum absolute atomic E-state index is 9.86. The fraction of sp³-hybridized carbons (Fsp3) is 0.538. The van der Waals surface area contributed by atoms with E-state index in [9.17, 15) is 10.2 Å². The molecule has 1 aromatic rings. The van der Waals surface area contributed by atoms with Gasteiger partial charge in [-0.05, 0) is 35.7 Å². The molecule has 1 aromatic carbocycles. The van der Waals surface area contributed by atoms with Gasteiger partial charge in [-0.15, -0.1) is 0 Å². The van der Waals surface area contributed by atoms with Gasteiger partial charge in [-0.2, -0.15) is 0 Å². The van der Waals surface area contributed by atoms with E-state index in [0.29, 0.717) is 6.54 Å². The van der Waals surface area contributed by atoms with Crippen LogP contribution in [-0.4, -0.2) is 23.8 Å². The first-order valence-electron chi connectivity index (χ1n) is 5.52. The summed E-state index contributed by atoms with van der Waals surface area (Å²) in [7, 11) is 1.80. The van der Waals surface area contributed by atoms with Crippen molar-refractivity contribution >= 4 is 0 Å². The SMILES string of the molecule is CNCC(O)c1ccc(O)c(C(C)(C)C)c1. The van der Waals surface area contributed by atoms with Crippen molar-refractivity contribution in [2.24, 2.45) is 0 Å². The summed E-state index contributed by atoms with van der Waals surface area (Å²) >= 11 is 0. The van der Waals surface area contributed by atoms with Gasteiger partial charge in [0.15, 0.2) is 0 Å². The van der Waals surface area contributed by atoms with Crippen LogP contribution in [-0.2, 0) is 5.41 Å². The second kappa shape index (κ2) is 4.85. The fourth-order valence-electron chi connectivity index (χ4n) is 1.67. The number of aliphatic hydroxyl groups is 1. The smallest absolute Gasteiger partial charge is 0.119 e. The summed E-state index contributed by atoms with van der Waals surface area (Å²) in [6.07, 6.45) is -0.535. The molecule has 0 spiro atoms. The van der Waals surface area contributed by atoms with E-state index < -0.39 is 6.10 Å². The zero-order valence-corrected chi connectivity index (χ0v) is 10.4. The summed E-state index contributed by atoms with van der Waals surface area (Å²) in [5.41, 5.74) is 1.57. The standard InChI is InChI=1S/C13H21NO2/c1-13(2,3)10-7-9(5-6-11(10)15)12(16)8-14-4/h5-7,12,14-16H,8H2,1-4H3. The van der Waals surface area contributed by atoms with Gasteiger partial charge in [-0.25, -0.2) is 0 Å². The van der Waals surface area contributed by atoms with Crippen molar-refractivity contribution in [1.29, 1.82) is 0 Å². The van der Waals surface area contributed by atoms with E-state index in [0.717, 1.165) is 11.1 Å². The number of nitrogens with one attached hydrogen (secondary N) is 1. The largest absolute Gasteiger partial charge is 0.508 e. The summed E-state index contributed by atoms with van der Waals surface area (Å²) in [5, 5.41) is 22.6. The van der Waals surface area contributed by atoms with Gasteiger partial charge in [0.05, 0.1) is 6.10 Å². The number of aliphatic hydroxyl groups excluding tert-OH is 1. The number of benzene rings is 1. The molecule has 3 nitrogen and oxygen atoms in total. The van der Waals surface area contributed by atoms with Gasteiger partial charge in [0, 0.05) is 6.54 Å². The first-order chi connectivity index (χ1) is 7.36. The Morgan fingerprint density at radius 3 is 2.44 bits per heavy atom. The van der Waals surface area contributed by atoms with Gasteiger partial charge in [0.25, 0.3) is 0 Å². The summed E-state index contributed by atoms with van der Waals surface area (Å²) < 4.78 is 0. The molecule has 90 valence electrons. The van der Waals surface area contributed by atoms with Crippen LogP contribution in [0.1, 0.15) is 38.0 Å². The van der Waals surface area contributed by atoms with Crippen molar-refractivity contribution in [3.63, 3.8) is 0 Å². The Bertz CT molecular complexity index is 355. The van der Waals surface area contributed by atoms with Crippen molar-refractivity contribution in [1.82, 2.24) is 5.32 Å². The minimum atomic E-state index is -0.535. The van der Waals surface area contributed by atoms with Crippen molar-refractivity contribution in [2.45, 2.75) is 32.3 Å². The first-order valence-corrected chi connectivity index (χ1v) is 5.52. The number of aromatic hydroxyl groups is 1. The van der Waals surface area contributed by atoms with Crippen LogP contribution in [0.5, 0.6) is 5.75 Å². The Balaban J connectivity index is 3.07. The third kappa shape index (κ3) is 2.97. The van der Waals surface area contributed by atoms with E-state index in [-0.39, 0.29) is 11.2 Å². The lowest BCUT2D eigenvalue weighted by atomic mass is 9.85. The minimum absolute atomic E-state index is 0.126. The second-order valence-corrected chi connectivity index (χ2v) is 5.10. The van der Waals surface area contributed by atoms with E-state index in [4.69, 9.17) is 0 Å². The number of likely N-dealkylation sites (N-methyl/N-ethyl adjacent to an activating group) is 1. The zero-order chi connectivity index (χ0) is 12.3. The van der Waals surface area contributed by atoms with Crippen LogP contribution in [0.25, 0.3) is 0 Å². The predicted octanol–water partition coefficient (Wildman–Crippen LogP) is 1.94. The third-order valence-corrected chi connectivity index (χ3v) is 2.61. The van der Waals surface area contributed by atoms with Crippen LogP contribution in [0, 0.1) is 0 Å². The molecule has 0 amide bonds. The zero-order valence-electron chi connectivity index (χ0n) is 10.4. The Morgan fingerprint density at radius 1 is 1.31 bits per heavy atom. The Kier molecular flexibility index (Phi) is 3.94. The predicted molar refractivity (Wildman–Crippen MR) is 65.7 cm³/mol. The highest BCUT2D eigenvalue weighted by molar-refractivity contribution is 5.41. The number of hydrogen-bond acceptors (Lipinski definition) is 3. The average Bonchev–Trinajstić information content (AvgIpc) is 2.16. The molecule has 1 unspecified atom stereocenters. The molecule has 0 fully saturated rings. The van der Waals surface area contributed by atoms with Gasteiger partial charge < -0.3 is 15.5 Å². The van der Waals surface area contributed by atoms with Crippen LogP contribution in [0.3, 0.4) is 0 Å². The molecule has 3 heteroatoms. The molecule has 0 aromatic heterocycles. The highest BCUT2D eigenvalue weighted by atomic mass is 16.3. The molecule has 0 heterocycles. The molecular weight excluding hydrogens is 202 g/mol. The quantitative estimate of drug-likeness (QED) is 0.734. The number of hydrogen-bond donors (Lipinski definition) is 3. The molecule has 0 radical (unpaired) electrons. The van der Waals surface area contributed by atoms with E-state index in [1.807, 2.05) is 26.8 Å². The normalized spacial score (nSPS) is 13.8. The molecule has 0 saturated carbocycles. The lowest BCUT2D eigenvalue weighted by molar-refractivity contribution is 0.177. The number of phenolic OH excluding ortho intramolecular Hbond substituents is 1. The van der Waals surface area contributed by atoms with E-state index in [2.05, 4.69) is 5.32 Å². The molecule has 0 saturated heterocycles. The Morgan fingerprint density at radius 2 is 1.94 bits per heavy atom. The minimum Gasteiger partial charge on any atom is -0.508 e. The third-order valence-electron chi connectivity index (χ3n) is 2.61. The topological polar surface area (TPSA) is 52.5 Å². The molecule has 1 atom stereocenters.